The predicted octanol–water partition coefficient (Wildman–Crippen LogP) is 4.30. The molecule has 6 rings (SSSR count). The molecule has 0 radical (unpaired) electrons. The number of fused-ring (bicyclic) bond motifs is 2. The van der Waals surface area contributed by atoms with Crippen molar-refractivity contribution in [3.05, 3.63) is 89.0 Å². The summed E-state index contributed by atoms with van der Waals surface area (Å²) in [6, 6.07) is 14.0. The van der Waals surface area contributed by atoms with E-state index in [9.17, 15) is 14.4 Å². The van der Waals surface area contributed by atoms with Gasteiger partial charge in [-0.2, -0.15) is 10.2 Å². The molecule has 0 atom stereocenters. The van der Waals surface area contributed by atoms with E-state index in [0.29, 0.717) is 77.3 Å². The SMILES string of the molecule is CCn1nc(C)cc1C(=O)Nc1nc2cc(C(N)=O)ccc2n1C/C=C/Cn1c(NC(=O)c2cc(C)nn2CC)nc2c(OC)cccc21. The van der Waals surface area contributed by atoms with E-state index in [1.54, 1.807) is 46.8 Å². The van der Waals surface area contributed by atoms with Crippen LogP contribution in [-0.4, -0.2) is 63.5 Å². The summed E-state index contributed by atoms with van der Waals surface area (Å²) in [4.78, 5) is 48.0. The van der Waals surface area contributed by atoms with E-state index in [2.05, 4.69) is 25.8 Å². The van der Waals surface area contributed by atoms with E-state index in [4.69, 9.17) is 15.5 Å². The number of nitrogens with two attached hydrogens (primary N) is 1. The van der Waals surface area contributed by atoms with Crippen LogP contribution in [0.25, 0.3) is 22.1 Å². The maximum atomic E-state index is 13.4. The first-order valence-electron chi connectivity index (χ1n) is 15.8. The Bertz CT molecular complexity index is 2250. The van der Waals surface area contributed by atoms with Crippen molar-refractivity contribution in [2.75, 3.05) is 17.7 Å². The number of para-hydroxylation sites is 1. The van der Waals surface area contributed by atoms with E-state index in [1.165, 1.54) is 0 Å². The summed E-state index contributed by atoms with van der Waals surface area (Å²) in [5.74, 6) is -0.0602. The van der Waals surface area contributed by atoms with E-state index >= 15 is 0 Å². The van der Waals surface area contributed by atoms with Gasteiger partial charge in [0.15, 0.2) is 0 Å². The van der Waals surface area contributed by atoms with Crippen molar-refractivity contribution in [1.82, 2.24) is 38.7 Å². The van der Waals surface area contributed by atoms with Crippen molar-refractivity contribution in [3.63, 3.8) is 0 Å². The lowest BCUT2D eigenvalue weighted by Gasteiger charge is -2.10. The minimum atomic E-state index is -0.578. The molecular formula is C34H37N11O4. The van der Waals surface area contributed by atoms with E-state index in [-0.39, 0.29) is 11.8 Å². The Labute approximate surface area is 281 Å². The molecule has 15 nitrogen and oxygen atoms in total. The summed E-state index contributed by atoms with van der Waals surface area (Å²) in [6.07, 6.45) is 3.85. The van der Waals surface area contributed by atoms with Crippen molar-refractivity contribution in [1.29, 1.82) is 0 Å². The average molecular weight is 664 g/mol. The van der Waals surface area contributed by atoms with Crippen molar-refractivity contribution in [3.8, 4) is 5.75 Å². The maximum absolute atomic E-state index is 13.4. The monoisotopic (exact) mass is 663 g/mol. The summed E-state index contributed by atoms with van der Waals surface area (Å²) in [5, 5.41) is 14.7. The summed E-state index contributed by atoms with van der Waals surface area (Å²) in [5.41, 5.74) is 10.7. The fraction of sp³-hybridized carbons (Fsp3) is 0.265. The molecule has 0 bridgehead atoms. The summed E-state index contributed by atoms with van der Waals surface area (Å²) in [6.45, 7) is 9.23. The first-order valence-corrected chi connectivity index (χ1v) is 15.8. The van der Waals surface area contributed by atoms with E-state index in [1.807, 2.05) is 67.2 Å². The van der Waals surface area contributed by atoms with Crippen LogP contribution in [0.15, 0.2) is 60.7 Å². The smallest absolute Gasteiger partial charge is 0.276 e. The van der Waals surface area contributed by atoms with Crippen LogP contribution in [0.3, 0.4) is 0 Å². The number of aryl methyl sites for hydroxylation is 4. The highest BCUT2D eigenvalue weighted by Crippen LogP contribution is 2.29. The topological polar surface area (TPSA) is 182 Å². The van der Waals surface area contributed by atoms with Crippen LogP contribution in [0.5, 0.6) is 5.75 Å². The number of carbonyl (C=O) groups excluding carboxylic acids is 3. The second-order valence-corrected chi connectivity index (χ2v) is 11.3. The number of hydrogen-bond acceptors (Lipinski definition) is 8. The second-order valence-electron chi connectivity index (χ2n) is 11.3. The number of rotatable bonds is 12. The van der Waals surface area contributed by atoms with Gasteiger partial charge in [-0.15, -0.1) is 0 Å². The molecule has 0 aliphatic carbocycles. The molecule has 0 spiro atoms. The van der Waals surface area contributed by atoms with Gasteiger partial charge in [0.25, 0.3) is 11.8 Å². The van der Waals surface area contributed by atoms with Crippen molar-refractivity contribution < 1.29 is 19.1 Å². The molecule has 0 unspecified atom stereocenters. The standard InChI is InChI=1S/C34H37N11O4/c1-6-44-26(17-20(3)40-44)31(47)38-33-36-23-19-22(30(35)46)13-14-24(23)42(33)15-8-9-16-43-25-11-10-12-28(49-5)29(25)37-34(43)39-32(48)27-18-21(4)41-45(27)7-2/h8-14,17-19H,6-7,15-16H2,1-5H3,(H2,35,46)(H,36,38,47)(H,37,39,48)/b9-8+. The van der Waals surface area contributed by atoms with Crippen LogP contribution in [0, 0.1) is 13.8 Å². The van der Waals surface area contributed by atoms with E-state index in [0.717, 1.165) is 16.9 Å². The quantitative estimate of drug-likeness (QED) is 0.162. The minimum Gasteiger partial charge on any atom is -0.494 e. The maximum Gasteiger partial charge on any atom is 0.276 e. The zero-order chi connectivity index (χ0) is 34.8. The highest BCUT2D eigenvalue weighted by atomic mass is 16.5. The number of primary amides is 1. The Balaban J connectivity index is 1.31. The number of hydrogen-bond donors (Lipinski definition) is 3. The number of amides is 3. The van der Waals surface area contributed by atoms with Crippen LogP contribution in [0.2, 0.25) is 0 Å². The predicted molar refractivity (Wildman–Crippen MR) is 185 cm³/mol. The van der Waals surface area contributed by atoms with Gasteiger partial charge in [-0.25, -0.2) is 9.97 Å². The molecule has 2 aromatic carbocycles. The van der Waals surface area contributed by atoms with Gasteiger partial charge in [-0.3, -0.25) is 34.4 Å². The molecule has 4 N–H and O–H groups in total. The average Bonchev–Trinajstić information content (AvgIpc) is 3.85. The second kappa shape index (κ2) is 13.5. The number of anilines is 2. The summed E-state index contributed by atoms with van der Waals surface area (Å²) in [7, 11) is 1.57. The van der Waals surface area contributed by atoms with Crippen LogP contribution >= 0.6 is 0 Å². The van der Waals surface area contributed by atoms with Gasteiger partial charge >= 0.3 is 0 Å². The number of imidazole rings is 2. The lowest BCUT2D eigenvalue weighted by molar-refractivity contribution is 0.0995. The van der Waals surface area contributed by atoms with Gasteiger partial charge in [0, 0.05) is 31.7 Å². The first kappa shape index (κ1) is 32.7. The zero-order valence-electron chi connectivity index (χ0n) is 27.9. The number of allylic oxidation sites excluding steroid dienone is 2. The Kier molecular flexibility index (Phi) is 8.98. The highest BCUT2D eigenvalue weighted by molar-refractivity contribution is 6.04. The number of carbonyl (C=O) groups is 3. The molecule has 6 aromatic rings. The van der Waals surface area contributed by atoms with Gasteiger partial charge < -0.3 is 19.6 Å². The summed E-state index contributed by atoms with van der Waals surface area (Å²) >= 11 is 0. The van der Waals surface area contributed by atoms with Crippen LogP contribution in [0.1, 0.15) is 56.6 Å². The number of nitrogens with zero attached hydrogens (tertiary/aromatic N) is 8. The zero-order valence-corrected chi connectivity index (χ0v) is 27.9. The molecule has 0 aliphatic heterocycles. The van der Waals surface area contributed by atoms with Gasteiger partial charge in [0.1, 0.15) is 22.7 Å². The van der Waals surface area contributed by atoms with Crippen molar-refractivity contribution in [2.45, 2.75) is 53.9 Å². The molecule has 4 aromatic heterocycles. The molecule has 49 heavy (non-hydrogen) atoms. The molecule has 0 fully saturated rings. The molecule has 0 aliphatic rings. The molecule has 0 saturated heterocycles. The highest BCUT2D eigenvalue weighted by Gasteiger charge is 2.21. The third-order valence-electron chi connectivity index (χ3n) is 8.06. The van der Waals surface area contributed by atoms with Gasteiger partial charge in [-0.05, 0) is 70.2 Å². The number of aromatic nitrogens is 8. The van der Waals surface area contributed by atoms with Crippen molar-refractivity contribution in [2.24, 2.45) is 5.73 Å². The van der Waals surface area contributed by atoms with Gasteiger partial charge in [0.2, 0.25) is 17.8 Å². The third kappa shape index (κ3) is 6.37. The fourth-order valence-corrected chi connectivity index (χ4v) is 5.76. The molecule has 252 valence electrons. The number of methoxy groups -OCH3 is 1. The number of ether oxygens (including phenoxy) is 1. The van der Waals surface area contributed by atoms with Gasteiger partial charge in [0.05, 0.1) is 35.0 Å². The van der Waals surface area contributed by atoms with Crippen LogP contribution in [0.4, 0.5) is 11.9 Å². The molecule has 0 saturated carbocycles. The lowest BCUT2D eigenvalue weighted by atomic mass is 10.2. The van der Waals surface area contributed by atoms with Crippen molar-refractivity contribution >= 4 is 51.7 Å². The largest absolute Gasteiger partial charge is 0.494 e. The number of nitrogens with one attached hydrogen (secondary N) is 2. The van der Waals surface area contributed by atoms with Crippen LogP contribution in [-0.2, 0) is 26.2 Å². The molecule has 3 amide bonds. The summed E-state index contributed by atoms with van der Waals surface area (Å²) < 4.78 is 12.5. The number of benzene rings is 2. The Morgan fingerprint density at radius 3 is 1.92 bits per heavy atom. The first-order chi connectivity index (χ1) is 23.6. The fourth-order valence-electron chi connectivity index (χ4n) is 5.76. The molecule has 4 heterocycles. The van der Waals surface area contributed by atoms with Gasteiger partial charge in [-0.1, -0.05) is 18.2 Å². The lowest BCUT2D eigenvalue weighted by Crippen LogP contribution is -2.20. The normalized spacial score (nSPS) is 11.5. The third-order valence-corrected chi connectivity index (χ3v) is 8.06. The Hall–Kier alpha value is -6.25. The van der Waals surface area contributed by atoms with E-state index < -0.39 is 5.91 Å². The molecule has 15 heteroatoms. The Morgan fingerprint density at radius 1 is 0.796 bits per heavy atom. The molecular weight excluding hydrogens is 626 g/mol. The minimum absolute atomic E-state index is 0.293. The Morgan fingerprint density at radius 2 is 1.37 bits per heavy atom. The van der Waals surface area contributed by atoms with Crippen LogP contribution < -0.4 is 21.1 Å².